The maximum Gasteiger partial charge on any atom is 0.472 e. The van der Waals surface area contributed by atoms with E-state index in [4.69, 9.17) is 32.3 Å². The second-order valence-corrected chi connectivity index (χ2v) is 22.7. The van der Waals surface area contributed by atoms with Crippen molar-refractivity contribution in [1.82, 2.24) is 0 Å². The number of esters is 3. The molecule has 0 aromatic heterocycles. The summed E-state index contributed by atoms with van der Waals surface area (Å²) >= 11 is 0. The van der Waals surface area contributed by atoms with Gasteiger partial charge in [0.15, 0.2) is 6.10 Å². The van der Waals surface area contributed by atoms with E-state index in [1.165, 1.54) is 12.8 Å². The first-order valence-electron chi connectivity index (χ1n) is 29.9. The van der Waals surface area contributed by atoms with Gasteiger partial charge in [-0.15, -0.1) is 0 Å². The van der Waals surface area contributed by atoms with Gasteiger partial charge < -0.3 is 34.2 Å². The summed E-state index contributed by atoms with van der Waals surface area (Å²) in [6.45, 7) is 2.37. The molecule has 0 fully saturated rings. The SMILES string of the molecule is CC/C=C\C/C=C\C/C=C\C/C=C\CCCCCCCCC(=O)OCC(O)COP(=O)(O)OCC(O)COP(=O)(O)OCC(COC(=O)CCCCCCC/C=C\C/C=C\CCC)OC(=O)CCCCCCC/C=C\CCCC. The van der Waals surface area contributed by atoms with Crippen molar-refractivity contribution in [3.05, 3.63) is 85.1 Å². The predicted molar refractivity (Wildman–Crippen MR) is 316 cm³/mol. The van der Waals surface area contributed by atoms with Gasteiger partial charge in [0.05, 0.1) is 26.4 Å². The maximum absolute atomic E-state index is 12.8. The molecule has 5 atom stereocenters. The summed E-state index contributed by atoms with van der Waals surface area (Å²) < 4.78 is 60.5. The molecule has 16 nitrogen and oxygen atoms in total. The summed E-state index contributed by atoms with van der Waals surface area (Å²) in [5.41, 5.74) is 0. The van der Waals surface area contributed by atoms with Crippen molar-refractivity contribution in [3.63, 3.8) is 0 Å². The van der Waals surface area contributed by atoms with Crippen LogP contribution in [0.1, 0.15) is 226 Å². The first-order chi connectivity index (χ1) is 38.2. The van der Waals surface area contributed by atoms with Crippen LogP contribution >= 0.6 is 15.6 Å². The van der Waals surface area contributed by atoms with Gasteiger partial charge in [-0.25, -0.2) is 9.13 Å². The normalized spacial score (nSPS) is 15.1. The largest absolute Gasteiger partial charge is 0.472 e. The molecule has 0 heterocycles. The zero-order valence-corrected chi connectivity index (χ0v) is 50.6. The Morgan fingerprint density at radius 2 is 0.696 bits per heavy atom. The quantitative estimate of drug-likeness (QED) is 0.0146. The third-order valence-corrected chi connectivity index (χ3v) is 14.0. The zero-order valence-electron chi connectivity index (χ0n) is 48.8. The second kappa shape index (κ2) is 55.3. The van der Waals surface area contributed by atoms with Crippen molar-refractivity contribution in [2.45, 2.75) is 245 Å². The minimum absolute atomic E-state index is 0.0906. The predicted octanol–water partition coefficient (Wildman–Crippen LogP) is 15.4. The van der Waals surface area contributed by atoms with Crippen LogP contribution in [-0.2, 0) is 55.8 Å². The lowest BCUT2D eigenvalue weighted by Crippen LogP contribution is -2.30. The standard InChI is InChI=1S/C61H106O16P2/c1-4-7-10-13-16-19-22-24-25-26-27-28-29-31-34-35-38-41-44-47-59(64)71-50-56(62)51-73-78(67,68)74-52-57(63)53-75-79(69,70)76-55-58(77-61(66)49-46-43-40-37-32-21-18-15-12-9-6-3)54-72-60(65)48-45-42-39-36-33-30-23-20-17-14-11-8-5-2/h7,10-11,14-16,18-20,23-25,27-28,56-58,62-63H,4-6,8-9,12-13,17,21-22,26,29-55H2,1-3H3,(H,67,68)(H,69,70)/b10-7-,14-11-,18-15-,19-16-,23-20-,25-24-,28-27-. The molecule has 0 saturated carbocycles. The van der Waals surface area contributed by atoms with E-state index in [1.807, 2.05) is 0 Å². The minimum Gasteiger partial charge on any atom is -0.463 e. The number of carbonyl (C=O) groups excluding carboxylic acids is 3. The van der Waals surface area contributed by atoms with Gasteiger partial charge in [-0.2, -0.15) is 0 Å². The fourth-order valence-corrected chi connectivity index (χ4v) is 9.05. The Kier molecular flexibility index (Phi) is 53.0. The summed E-state index contributed by atoms with van der Waals surface area (Å²) in [5, 5.41) is 20.4. The van der Waals surface area contributed by atoms with Gasteiger partial charge in [0.2, 0.25) is 0 Å². The molecule has 18 heteroatoms. The topological polar surface area (TPSA) is 231 Å². The number of hydrogen-bond acceptors (Lipinski definition) is 14. The highest BCUT2D eigenvalue weighted by atomic mass is 31.2. The summed E-state index contributed by atoms with van der Waals surface area (Å²) in [6, 6.07) is 0. The molecular weight excluding hydrogens is 1050 g/mol. The average Bonchev–Trinajstić information content (AvgIpc) is 3.42. The Hall–Kier alpha value is -3.27. The molecule has 0 aliphatic rings. The molecule has 0 aromatic rings. The van der Waals surface area contributed by atoms with E-state index < -0.39 is 91.5 Å². The lowest BCUT2D eigenvalue weighted by molar-refractivity contribution is -0.161. The first kappa shape index (κ1) is 75.7. The summed E-state index contributed by atoms with van der Waals surface area (Å²) in [7, 11) is -9.76. The van der Waals surface area contributed by atoms with Crippen LogP contribution in [-0.4, -0.2) is 95.9 Å². The highest BCUT2D eigenvalue weighted by molar-refractivity contribution is 7.47. The van der Waals surface area contributed by atoms with Crippen LogP contribution in [0.15, 0.2) is 85.1 Å². The number of rotatable bonds is 56. The molecule has 0 spiro atoms. The minimum atomic E-state index is -4.92. The molecule has 5 unspecified atom stereocenters. The van der Waals surface area contributed by atoms with Crippen LogP contribution in [0.4, 0.5) is 0 Å². The summed E-state index contributed by atoms with van der Waals surface area (Å²) in [4.78, 5) is 58.0. The van der Waals surface area contributed by atoms with E-state index in [-0.39, 0.29) is 19.3 Å². The Balaban J connectivity index is 4.62. The van der Waals surface area contributed by atoms with Gasteiger partial charge in [-0.1, -0.05) is 189 Å². The molecule has 0 aliphatic carbocycles. The molecule has 0 aliphatic heterocycles. The number of carbonyl (C=O) groups is 3. The van der Waals surface area contributed by atoms with Crippen molar-refractivity contribution < 1.29 is 75.8 Å². The van der Waals surface area contributed by atoms with Crippen molar-refractivity contribution >= 4 is 33.6 Å². The Morgan fingerprint density at radius 1 is 0.367 bits per heavy atom. The fraction of sp³-hybridized carbons (Fsp3) is 0.721. The average molecular weight is 1160 g/mol. The van der Waals surface area contributed by atoms with Crippen LogP contribution < -0.4 is 0 Å². The molecule has 79 heavy (non-hydrogen) atoms. The number of phosphoric ester groups is 2. The number of ether oxygens (including phenoxy) is 3. The van der Waals surface area contributed by atoms with E-state index in [1.54, 1.807) is 0 Å². The first-order valence-corrected chi connectivity index (χ1v) is 32.9. The second-order valence-electron chi connectivity index (χ2n) is 19.8. The van der Waals surface area contributed by atoms with Crippen molar-refractivity contribution in [2.24, 2.45) is 0 Å². The van der Waals surface area contributed by atoms with Gasteiger partial charge in [0, 0.05) is 19.3 Å². The van der Waals surface area contributed by atoms with Gasteiger partial charge in [0.25, 0.3) is 0 Å². The zero-order chi connectivity index (χ0) is 58.2. The summed E-state index contributed by atoms with van der Waals surface area (Å²) in [5.74, 6) is -1.62. The lowest BCUT2D eigenvalue weighted by atomic mass is 10.1. The van der Waals surface area contributed by atoms with Gasteiger partial charge >= 0.3 is 33.6 Å². The number of aliphatic hydroxyl groups is 2. The molecular formula is C61H106O16P2. The molecule has 0 aromatic carbocycles. The highest BCUT2D eigenvalue weighted by Crippen LogP contribution is 2.45. The number of phosphoric acid groups is 2. The summed E-state index contributed by atoms with van der Waals surface area (Å²) in [6.07, 6.45) is 55.2. The van der Waals surface area contributed by atoms with Crippen LogP contribution in [0, 0.1) is 0 Å². The Morgan fingerprint density at radius 3 is 1.13 bits per heavy atom. The molecule has 4 N–H and O–H groups in total. The monoisotopic (exact) mass is 1160 g/mol. The number of hydrogen-bond donors (Lipinski definition) is 4. The van der Waals surface area contributed by atoms with E-state index in [0.29, 0.717) is 19.3 Å². The van der Waals surface area contributed by atoms with Gasteiger partial charge in [-0.3, -0.25) is 32.5 Å². The Labute approximate surface area is 476 Å². The molecule has 0 saturated heterocycles. The third-order valence-electron chi connectivity index (χ3n) is 12.1. The third kappa shape index (κ3) is 56.4. The van der Waals surface area contributed by atoms with Gasteiger partial charge in [0.1, 0.15) is 25.4 Å². The molecule has 0 rings (SSSR count). The number of allylic oxidation sites excluding steroid dienone is 14. The fourth-order valence-electron chi connectivity index (χ4n) is 7.46. The van der Waals surface area contributed by atoms with E-state index in [2.05, 4.69) is 106 Å². The lowest BCUT2D eigenvalue weighted by Gasteiger charge is -2.21. The molecule has 456 valence electrons. The van der Waals surface area contributed by atoms with E-state index in [9.17, 15) is 43.5 Å². The van der Waals surface area contributed by atoms with Gasteiger partial charge in [-0.05, 0) is 103 Å². The van der Waals surface area contributed by atoms with Crippen LogP contribution in [0.3, 0.4) is 0 Å². The maximum atomic E-state index is 12.8. The van der Waals surface area contributed by atoms with Crippen molar-refractivity contribution in [3.8, 4) is 0 Å². The molecule has 0 radical (unpaired) electrons. The molecule has 0 amide bonds. The highest BCUT2D eigenvalue weighted by Gasteiger charge is 2.29. The Bertz CT molecular complexity index is 1790. The van der Waals surface area contributed by atoms with E-state index in [0.717, 1.165) is 154 Å². The number of unbranched alkanes of at least 4 members (excludes halogenated alkanes) is 19. The van der Waals surface area contributed by atoms with Crippen LogP contribution in [0.5, 0.6) is 0 Å². The molecule has 0 bridgehead atoms. The van der Waals surface area contributed by atoms with E-state index >= 15 is 0 Å². The number of aliphatic hydroxyl groups excluding tert-OH is 2. The van der Waals surface area contributed by atoms with Crippen molar-refractivity contribution in [2.75, 3.05) is 39.6 Å². The van der Waals surface area contributed by atoms with Crippen LogP contribution in [0.2, 0.25) is 0 Å². The van der Waals surface area contributed by atoms with Crippen LogP contribution in [0.25, 0.3) is 0 Å². The van der Waals surface area contributed by atoms with Crippen molar-refractivity contribution in [1.29, 1.82) is 0 Å². The smallest absolute Gasteiger partial charge is 0.463 e.